The Morgan fingerprint density at radius 3 is 3.00 bits per heavy atom. The van der Waals surface area contributed by atoms with Gasteiger partial charge in [0.25, 0.3) is 0 Å². The maximum atomic E-state index is 5.99. The first kappa shape index (κ1) is 14.7. The third kappa shape index (κ3) is 5.29. The molecule has 0 aromatic carbocycles. The van der Waals surface area contributed by atoms with E-state index in [-0.39, 0.29) is 5.11 Å². The van der Waals surface area contributed by atoms with Crippen LogP contribution < -0.4 is 16.4 Å². The summed E-state index contributed by atoms with van der Waals surface area (Å²) in [5, 5.41) is 6.63. The quantitative estimate of drug-likeness (QED) is 0.443. The third-order valence-electron chi connectivity index (χ3n) is 2.01. The molecular weight excluding hydrogens is 270 g/mol. The van der Waals surface area contributed by atoms with Gasteiger partial charge in [0.2, 0.25) is 0 Å². The van der Waals surface area contributed by atoms with E-state index in [9.17, 15) is 0 Å². The maximum absolute atomic E-state index is 5.99. The van der Waals surface area contributed by atoms with Crippen molar-refractivity contribution in [3.8, 4) is 0 Å². The number of nitrogens with two attached hydrogens (primary N) is 1. The van der Waals surface area contributed by atoms with Gasteiger partial charge in [-0.2, -0.15) is 0 Å². The van der Waals surface area contributed by atoms with Gasteiger partial charge in [-0.15, -0.1) is 0 Å². The Morgan fingerprint density at radius 2 is 2.39 bits per heavy atom. The molecule has 0 radical (unpaired) electrons. The molecule has 0 spiro atoms. The predicted molar refractivity (Wildman–Crippen MR) is 78.6 cm³/mol. The Hall–Kier alpha value is -1.40. The maximum Gasteiger partial charge on any atom is 0.197 e. The van der Waals surface area contributed by atoms with Crippen LogP contribution in [0.25, 0.3) is 0 Å². The van der Waals surface area contributed by atoms with Crippen LogP contribution in [-0.2, 0) is 6.54 Å². The second kappa shape index (κ2) is 7.84. The molecule has 5 nitrogen and oxygen atoms in total. The lowest BCUT2D eigenvalue weighted by Gasteiger charge is -2.10. The Labute approximate surface area is 117 Å². The molecule has 0 bridgehead atoms. The smallest absolute Gasteiger partial charge is 0.197 e. The third-order valence-corrected chi connectivity index (χ3v) is 2.45. The van der Waals surface area contributed by atoms with E-state index in [1.807, 2.05) is 0 Å². The van der Waals surface area contributed by atoms with Gasteiger partial charge in [-0.3, -0.25) is 4.98 Å². The number of aromatic nitrogens is 1. The highest BCUT2D eigenvalue weighted by Crippen LogP contribution is 2.12. The second-order valence-corrected chi connectivity index (χ2v) is 4.36. The van der Waals surface area contributed by atoms with E-state index in [0.29, 0.717) is 23.2 Å². The number of halogens is 1. The molecule has 0 fully saturated rings. The number of hydrogen-bond donors (Lipinski definition) is 3. The zero-order valence-corrected chi connectivity index (χ0v) is 11.7. The number of nitrogens with one attached hydrogen (secondary N) is 2. The lowest BCUT2D eigenvalue weighted by molar-refractivity contribution is 0.813. The van der Waals surface area contributed by atoms with Crippen molar-refractivity contribution in [3.05, 3.63) is 29.0 Å². The van der Waals surface area contributed by atoms with E-state index in [1.54, 1.807) is 18.3 Å². The van der Waals surface area contributed by atoms with Gasteiger partial charge >= 0.3 is 0 Å². The fraction of sp³-hybridized carbons (Fsp3) is 0.364. The molecule has 4 N–H and O–H groups in total. The number of pyridine rings is 1. The zero-order chi connectivity index (χ0) is 13.4. The molecule has 18 heavy (non-hydrogen) atoms. The molecule has 0 aliphatic heterocycles. The van der Waals surface area contributed by atoms with E-state index in [2.05, 4.69) is 27.5 Å². The standard InChI is InChI=1S/C11H16ClN5S/c1-2-5-15-11(17-10(13)18)16-7-9-8(12)4-3-6-14-9/h3-4,6H,2,5,7H2,1H3,(H4,13,15,16,17,18). The van der Waals surface area contributed by atoms with Crippen LogP contribution in [0.15, 0.2) is 23.3 Å². The molecular formula is C11H16ClN5S. The SMILES string of the molecule is CCCNC(=NCc1ncccc1Cl)NC(N)=S. The van der Waals surface area contributed by atoms with Crippen molar-refractivity contribution in [3.63, 3.8) is 0 Å². The molecule has 1 aromatic rings. The topological polar surface area (TPSA) is 75.3 Å². The highest BCUT2D eigenvalue weighted by molar-refractivity contribution is 7.80. The Morgan fingerprint density at radius 1 is 1.61 bits per heavy atom. The minimum Gasteiger partial charge on any atom is -0.376 e. The highest BCUT2D eigenvalue weighted by Gasteiger charge is 2.02. The van der Waals surface area contributed by atoms with Crippen LogP contribution >= 0.6 is 23.8 Å². The monoisotopic (exact) mass is 285 g/mol. The summed E-state index contributed by atoms with van der Waals surface area (Å²) in [6, 6.07) is 3.55. The summed E-state index contributed by atoms with van der Waals surface area (Å²) in [5.74, 6) is 0.533. The van der Waals surface area contributed by atoms with Crippen LogP contribution in [0.3, 0.4) is 0 Å². The first-order valence-corrected chi connectivity index (χ1v) is 6.36. The Bertz CT molecular complexity index is 435. The molecule has 1 aromatic heterocycles. The second-order valence-electron chi connectivity index (χ2n) is 3.51. The fourth-order valence-corrected chi connectivity index (χ4v) is 1.47. The molecule has 1 heterocycles. The lowest BCUT2D eigenvalue weighted by atomic mass is 10.3. The Balaban J connectivity index is 2.69. The van der Waals surface area contributed by atoms with Crippen LogP contribution in [0.2, 0.25) is 5.02 Å². The number of rotatable bonds is 4. The van der Waals surface area contributed by atoms with E-state index in [0.717, 1.165) is 13.0 Å². The minimum atomic E-state index is 0.171. The van der Waals surface area contributed by atoms with Gasteiger partial charge < -0.3 is 16.4 Å². The van der Waals surface area contributed by atoms with Gasteiger partial charge in [0, 0.05) is 12.7 Å². The van der Waals surface area contributed by atoms with E-state index >= 15 is 0 Å². The van der Waals surface area contributed by atoms with Crippen molar-refractivity contribution >= 4 is 34.9 Å². The van der Waals surface area contributed by atoms with E-state index < -0.39 is 0 Å². The summed E-state index contributed by atoms with van der Waals surface area (Å²) in [5.41, 5.74) is 6.13. The fourth-order valence-electron chi connectivity index (χ4n) is 1.19. The van der Waals surface area contributed by atoms with Crippen LogP contribution in [0.1, 0.15) is 19.0 Å². The van der Waals surface area contributed by atoms with Crippen LogP contribution in [0, 0.1) is 0 Å². The number of hydrogen-bond acceptors (Lipinski definition) is 3. The van der Waals surface area contributed by atoms with Gasteiger partial charge in [0.05, 0.1) is 17.3 Å². The van der Waals surface area contributed by atoms with Gasteiger partial charge in [0.15, 0.2) is 11.1 Å². The van der Waals surface area contributed by atoms with Crippen molar-refractivity contribution < 1.29 is 0 Å². The van der Waals surface area contributed by atoms with Gasteiger partial charge in [-0.05, 0) is 30.8 Å². The first-order chi connectivity index (χ1) is 8.63. The van der Waals surface area contributed by atoms with Crippen molar-refractivity contribution in [1.29, 1.82) is 0 Å². The van der Waals surface area contributed by atoms with Gasteiger partial charge in [0.1, 0.15) is 0 Å². The molecule has 1 rings (SSSR count). The largest absolute Gasteiger partial charge is 0.376 e. The summed E-state index contributed by atoms with van der Waals surface area (Å²) in [6.45, 7) is 3.20. The molecule has 0 aliphatic rings. The molecule has 0 amide bonds. The molecule has 98 valence electrons. The van der Waals surface area contributed by atoms with Crippen LogP contribution in [0.4, 0.5) is 0 Å². The summed E-state index contributed by atoms with van der Waals surface area (Å²) < 4.78 is 0. The van der Waals surface area contributed by atoms with Gasteiger partial charge in [-0.25, -0.2) is 4.99 Å². The minimum absolute atomic E-state index is 0.171. The van der Waals surface area contributed by atoms with Crippen molar-refractivity contribution in [2.45, 2.75) is 19.9 Å². The van der Waals surface area contributed by atoms with Crippen LogP contribution in [0.5, 0.6) is 0 Å². The molecule has 0 aliphatic carbocycles. The average molecular weight is 286 g/mol. The van der Waals surface area contributed by atoms with Crippen molar-refractivity contribution in [2.24, 2.45) is 10.7 Å². The van der Waals surface area contributed by atoms with Gasteiger partial charge in [-0.1, -0.05) is 18.5 Å². The summed E-state index contributed by atoms with van der Waals surface area (Å²) >= 11 is 10.8. The number of guanidine groups is 1. The first-order valence-electron chi connectivity index (χ1n) is 5.57. The van der Waals surface area contributed by atoms with E-state index in [1.165, 1.54) is 0 Å². The highest BCUT2D eigenvalue weighted by atomic mass is 35.5. The predicted octanol–water partition coefficient (Wildman–Crippen LogP) is 1.42. The van der Waals surface area contributed by atoms with Crippen molar-refractivity contribution in [2.75, 3.05) is 6.54 Å². The number of aliphatic imine (C=N–C) groups is 1. The number of thiocarbonyl (C=S) groups is 1. The zero-order valence-electron chi connectivity index (χ0n) is 10.1. The molecule has 7 heteroatoms. The lowest BCUT2D eigenvalue weighted by Crippen LogP contribution is -2.43. The molecule has 0 atom stereocenters. The van der Waals surface area contributed by atoms with E-state index in [4.69, 9.17) is 29.6 Å². The number of nitrogens with zero attached hydrogens (tertiary/aromatic N) is 2. The van der Waals surface area contributed by atoms with Crippen LogP contribution in [-0.4, -0.2) is 22.6 Å². The Kier molecular flexibility index (Phi) is 6.38. The summed E-state index contributed by atoms with van der Waals surface area (Å²) in [6.07, 6.45) is 2.65. The molecule has 0 saturated heterocycles. The molecule has 0 unspecified atom stereocenters. The molecule has 0 saturated carbocycles. The summed E-state index contributed by atoms with van der Waals surface area (Å²) in [7, 11) is 0. The van der Waals surface area contributed by atoms with Crippen molar-refractivity contribution in [1.82, 2.24) is 15.6 Å². The average Bonchev–Trinajstić information content (AvgIpc) is 2.34. The summed E-state index contributed by atoms with van der Waals surface area (Å²) in [4.78, 5) is 8.46. The normalized spacial score (nSPS) is 11.1.